The summed E-state index contributed by atoms with van der Waals surface area (Å²) in [5, 5.41) is 5.27. The van der Waals surface area contributed by atoms with Gasteiger partial charge < -0.3 is 12.4 Å². The monoisotopic (exact) mass is 279 g/mol. The molecule has 4 rings (SSSR count). The Balaban J connectivity index is 0.00000121. The van der Waals surface area contributed by atoms with Crippen molar-refractivity contribution in [3.8, 4) is 0 Å². The van der Waals surface area contributed by atoms with Gasteiger partial charge in [-0.15, -0.1) is 0 Å². The minimum absolute atomic E-state index is 0. The van der Waals surface area contributed by atoms with E-state index in [9.17, 15) is 0 Å². The summed E-state index contributed by atoms with van der Waals surface area (Å²) in [6.45, 7) is 2.20. The van der Waals surface area contributed by atoms with Gasteiger partial charge in [-0.3, -0.25) is 0 Å². The van der Waals surface area contributed by atoms with Crippen LogP contribution in [0, 0.1) is 6.92 Å². The molecule has 0 spiro atoms. The van der Waals surface area contributed by atoms with Crippen LogP contribution in [-0.4, -0.2) is 0 Å². The maximum absolute atomic E-state index is 2.24. The average molecular weight is 280 g/mol. The number of benzene rings is 2. The highest BCUT2D eigenvalue weighted by Gasteiger charge is 2.11. The van der Waals surface area contributed by atoms with Crippen molar-refractivity contribution in [2.75, 3.05) is 0 Å². The van der Waals surface area contributed by atoms with Crippen LogP contribution in [-0.2, 0) is 0 Å². The third-order valence-electron chi connectivity index (χ3n) is 3.92. The van der Waals surface area contributed by atoms with Crippen LogP contribution in [0.3, 0.4) is 0 Å². The highest BCUT2D eigenvalue weighted by atomic mass is 35.5. The molecule has 0 aliphatic carbocycles. The second-order valence-corrected chi connectivity index (χ2v) is 5.00. The number of aromatic nitrogens is 1. The van der Waals surface area contributed by atoms with Crippen molar-refractivity contribution < 1.29 is 16.8 Å². The highest BCUT2D eigenvalue weighted by Crippen LogP contribution is 2.27. The Hall–Kier alpha value is -2.12. The molecule has 0 N–H and O–H groups in total. The Morgan fingerprint density at radius 2 is 1.55 bits per heavy atom. The first-order chi connectivity index (χ1) is 9.34. The molecular formula is C18H14ClN. The number of halogens is 1. The number of aryl methyl sites for hydroxylation is 1. The van der Waals surface area contributed by atoms with E-state index in [4.69, 9.17) is 0 Å². The quantitative estimate of drug-likeness (QED) is 0.257. The van der Waals surface area contributed by atoms with E-state index in [2.05, 4.69) is 78.3 Å². The maximum Gasteiger partial charge on any atom is 0.214 e. The van der Waals surface area contributed by atoms with Gasteiger partial charge in [-0.05, 0) is 29.1 Å². The second-order valence-electron chi connectivity index (χ2n) is 5.00. The van der Waals surface area contributed by atoms with Crippen LogP contribution in [0.25, 0.3) is 27.1 Å². The highest BCUT2D eigenvalue weighted by molar-refractivity contribution is 6.08. The van der Waals surface area contributed by atoms with Crippen molar-refractivity contribution in [3.63, 3.8) is 0 Å². The molecule has 0 aliphatic rings. The van der Waals surface area contributed by atoms with E-state index in [1.54, 1.807) is 0 Å². The van der Waals surface area contributed by atoms with Gasteiger partial charge in [0.2, 0.25) is 5.52 Å². The molecule has 0 fully saturated rings. The van der Waals surface area contributed by atoms with Gasteiger partial charge in [-0.1, -0.05) is 36.4 Å². The normalized spacial score (nSPS) is 10.8. The molecule has 0 radical (unpaired) electrons. The number of rotatable bonds is 0. The Morgan fingerprint density at radius 3 is 2.45 bits per heavy atom. The zero-order valence-corrected chi connectivity index (χ0v) is 11.9. The van der Waals surface area contributed by atoms with Crippen molar-refractivity contribution >= 4 is 27.1 Å². The minimum Gasteiger partial charge on any atom is -1.00 e. The van der Waals surface area contributed by atoms with E-state index >= 15 is 0 Å². The van der Waals surface area contributed by atoms with Gasteiger partial charge in [0.25, 0.3) is 0 Å². The van der Waals surface area contributed by atoms with Crippen LogP contribution in [0.2, 0.25) is 0 Å². The standard InChI is InChI=1S/C18H14N.ClH/c1-13-15-10-9-14-6-2-3-7-16(14)17(15)12-19-11-5-4-8-18(13)19;/h2-12H,1H3;1H/q+1;/p-1. The molecular weight excluding hydrogens is 266 g/mol. The summed E-state index contributed by atoms with van der Waals surface area (Å²) in [5.74, 6) is 0. The lowest BCUT2D eigenvalue weighted by molar-refractivity contribution is -0.510. The fourth-order valence-corrected chi connectivity index (χ4v) is 2.93. The Kier molecular flexibility index (Phi) is 3.07. The van der Waals surface area contributed by atoms with Crippen molar-refractivity contribution in [2.24, 2.45) is 0 Å². The molecule has 2 aromatic carbocycles. The third-order valence-corrected chi connectivity index (χ3v) is 3.92. The zero-order valence-electron chi connectivity index (χ0n) is 11.2. The van der Waals surface area contributed by atoms with Crippen LogP contribution in [0.1, 0.15) is 5.56 Å². The van der Waals surface area contributed by atoms with Crippen LogP contribution in [0.5, 0.6) is 0 Å². The minimum atomic E-state index is 0. The summed E-state index contributed by atoms with van der Waals surface area (Å²) >= 11 is 0. The molecule has 2 aromatic heterocycles. The smallest absolute Gasteiger partial charge is 0.214 e. The number of hydrogen-bond acceptors (Lipinski definition) is 0. The summed E-state index contributed by atoms with van der Waals surface area (Å²) < 4.78 is 2.21. The van der Waals surface area contributed by atoms with Crippen molar-refractivity contribution in [1.29, 1.82) is 0 Å². The predicted octanol–water partition coefficient (Wildman–Crippen LogP) is 1.04. The summed E-state index contributed by atoms with van der Waals surface area (Å²) in [6.07, 6.45) is 4.35. The summed E-state index contributed by atoms with van der Waals surface area (Å²) in [6, 6.07) is 19.4. The van der Waals surface area contributed by atoms with E-state index in [-0.39, 0.29) is 12.4 Å². The first-order valence-electron chi connectivity index (χ1n) is 6.56. The molecule has 20 heavy (non-hydrogen) atoms. The Morgan fingerprint density at radius 1 is 0.750 bits per heavy atom. The molecule has 0 saturated carbocycles. The van der Waals surface area contributed by atoms with Gasteiger partial charge >= 0.3 is 0 Å². The molecule has 1 nitrogen and oxygen atoms in total. The molecule has 2 heteroatoms. The molecule has 2 heterocycles. The molecule has 0 amide bonds. The fourth-order valence-electron chi connectivity index (χ4n) is 2.93. The first-order valence-corrected chi connectivity index (χ1v) is 6.56. The Labute approximate surface area is 123 Å². The molecule has 0 aliphatic heterocycles. The molecule has 0 saturated heterocycles. The third kappa shape index (κ3) is 1.75. The topological polar surface area (TPSA) is 4.10 Å². The lowest BCUT2D eigenvalue weighted by Crippen LogP contribution is -3.00. The first kappa shape index (κ1) is 12.9. The van der Waals surface area contributed by atoms with Crippen molar-refractivity contribution in [2.45, 2.75) is 6.92 Å². The largest absolute Gasteiger partial charge is 1.00 e. The summed E-state index contributed by atoms with van der Waals surface area (Å²) in [5.41, 5.74) is 2.61. The van der Waals surface area contributed by atoms with E-state index in [0.717, 1.165) is 0 Å². The fraction of sp³-hybridized carbons (Fsp3) is 0.0556. The Bertz CT molecular complexity index is 928. The lowest BCUT2D eigenvalue weighted by atomic mass is 10.00. The van der Waals surface area contributed by atoms with Crippen LogP contribution < -0.4 is 16.8 Å². The lowest BCUT2D eigenvalue weighted by Gasteiger charge is -2.05. The van der Waals surface area contributed by atoms with Crippen LogP contribution in [0.15, 0.2) is 67.0 Å². The van der Waals surface area contributed by atoms with Gasteiger partial charge in [0, 0.05) is 17.7 Å². The second kappa shape index (κ2) is 4.77. The van der Waals surface area contributed by atoms with Gasteiger partial charge in [0.1, 0.15) is 0 Å². The zero-order chi connectivity index (χ0) is 12.8. The van der Waals surface area contributed by atoms with Gasteiger partial charge in [-0.25, -0.2) is 0 Å². The molecule has 0 unspecified atom stereocenters. The van der Waals surface area contributed by atoms with Crippen LogP contribution in [0.4, 0.5) is 0 Å². The molecule has 0 atom stereocenters. The van der Waals surface area contributed by atoms with Gasteiger partial charge in [0.05, 0.1) is 5.39 Å². The van der Waals surface area contributed by atoms with E-state index in [1.807, 2.05) is 0 Å². The van der Waals surface area contributed by atoms with Crippen molar-refractivity contribution in [3.05, 3.63) is 72.6 Å². The number of fused-ring (bicyclic) bond motifs is 4. The number of nitrogens with zero attached hydrogens (tertiary/aromatic N) is 1. The van der Waals surface area contributed by atoms with E-state index in [0.29, 0.717) is 0 Å². The molecule has 0 bridgehead atoms. The molecule has 98 valence electrons. The van der Waals surface area contributed by atoms with E-state index in [1.165, 1.54) is 32.6 Å². The van der Waals surface area contributed by atoms with Crippen molar-refractivity contribution in [1.82, 2.24) is 0 Å². The number of pyridine rings is 2. The van der Waals surface area contributed by atoms with Gasteiger partial charge in [-0.2, -0.15) is 4.40 Å². The SMILES string of the molecule is Cc1c2ccc3ccccc3c2c[n+]2ccccc12.[Cl-]. The summed E-state index contributed by atoms with van der Waals surface area (Å²) in [7, 11) is 0. The average Bonchev–Trinajstić information content (AvgIpc) is 2.47. The van der Waals surface area contributed by atoms with Gasteiger partial charge in [0.15, 0.2) is 12.4 Å². The maximum atomic E-state index is 2.24. The van der Waals surface area contributed by atoms with Crippen LogP contribution >= 0.6 is 0 Å². The molecule has 4 aromatic rings. The summed E-state index contributed by atoms with van der Waals surface area (Å²) in [4.78, 5) is 0. The number of hydrogen-bond donors (Lipinski definition) is 0. The van der Waals surface area contributed by atoms with E-state index < -0.39 is 0 Å². The predicted molar refractivity (Wildman–Crippen MR) is 79.4 cm³/mol.